The van der Waals surface area contributed by atoms with E-state index in [4.69, 9.17) is 5.73 Å². The third-order valence-electron chi connectivity index (χ3n) is 4.15. The van der Waals surface area contributed by atoms with E-state index in [2.05, 4.69) is 0 Å². The summed E-state index contributed by atoms with van der Waals surface area (Å²) < 4.78 is 13.6. The van der Waals surface area contributed by atoms with E-state index in [1.165, 1.54) is 25.3 Å². The lowest BCUT2D eigenvalue weighted by Crippen LogP contribution is -2.28. The van der Waals surface area contributed by atoms with Gasteiger partial charge in [0.2, 0.25) is 0 Å². The van der Waals surface area contributed by atoms with E-state index in [0.717, 1.165) is 17.9 Å². The monoisotopic (exact) mass is 205 g/mol. The molecular weight excluding hydrogens is 189 g/mol. The van der Waals surface area contributed by atoms with Crippen LogP contribution in [-0.4, -0.2) is 0 Å². The molecular formula is C13H16FN. The highest BCUT2D eigenvalue weighted by atomic mass is 19.1. The topological polar surface area (TPSA) is 26.0 Å². The van der Waals surface area contributed by atoms with E-state index in [0.29, 0.717) is 5.92 Å². The van der Waals surface area contributed by atoms with Crippen LogP contribution >= 0.6 is 0 Å². The summed E-state index contributed by atoms with van der Waals surface area (Å²) in [6, 6.07) is 6.96. The Morgan fingerprint density at radius 1 is 1.27 bits per heavy atom. The van der Waals surface area contributed by atoms with Crippen LogP contribution in [0, 0.1) is 17.7 Å². The molecule has 2 heteroatoms. The van der Waals surface area contributed by atoms with E-state index in [1.807, 2.05) is 12.1 Å². The molecule has 2 aliphatic carbocycles. The third-order valence-corrected chi connectivity index (χ3v) is 4.15. The Kier molecular flexibility index (Phi) is 1.90. The Labute approximate surface area is 89.5 Å². The summed E-state index contributed by atoms with van der Waals surface area (Å²) in [5, 5.41) is 0. The van der Waals surface area contributed by atoms with Gasteiger partial charge in [-0.15, -0.1) is 0 Å². The zero-order chi connectivity index (χ0) is 10.5. The van der Waals surface area contributed by atoms with Crippen molar-refractivity contribution in [3.8, 4) is 0 Å². The molecule has 0 spiro atoms. The second kappa shape index (κ2) is 3.05. The third kappa shape index (κ3) is 1.31. The first-order valence-corrected chi connectivity index (χ1v) is 5.76. The highest BCUT2D eigenvalue weighted by molar-refractivity contribution is 5.33. The number of rotatable bonds is 2. The quantitative estimate of drug-likeness (QED) is 0.789. The van der Waals surface area contributed by atoms with Gasteiger partial charge in [0.15, 0.2) is 0 Å². The van der Waals surface area contributed by atoms with Crippen LogP contribution in [-0.2, 0) is 5.54 Å². The van der Waals surface area contributed by atoms with Crippen molar-refractivity contribution in [1.82, 2.24) is 0 Å². The van der Waals surface area contributed by atoms with Crippen molar-refractivity contribution >= 4 is 0 Å². The van der Waals surface area contributed by atoms with Gasteiger partial charge in [-0.25, -0.2) is 4.39 Å². The minimum absolute atomic E-state index is 0.137. The lowest BCUT2D eigenvalue weighted by molar-refractivity contribution is 0.257. The first-order valence-electron chi connectivity index (χ1n) is 5.76. The Hall–Kier alpha value is -0.890. The Balaban J connectivity index is 1.86. The van der Waals surface area contributed by atoms with Crippen LogP contribution in [0.5, 0.6) is 0 Å². The van der Waals surface area contributed by atoms with Crippen LogP contribution in [0.15, 0.2) is 24.3 Å². The van der Waals surface area contributed by atoms with Crippen LogP contribution in [0.4, 0.5) is 4.39 Å². The molecule has 2 atom stereocenters. The molecule has 0 aromatic heterocycles. The predicted molar refractivity (Wildman–Crippen MR) is 57.7 cm³/mol. The molecule has 0 radical (unpaired) electrons. The van der Waals surface area contributed by atoms with E-state index < -0.39 is 0 Å². The van der Waals surface area contributed by atoms with Gasteiger partial charge >= 0.3 is 0 Å². The molecule has 0 saturated heterocycles. The summed E-state index contributed by atoms with van der Waals surface area (Å²) in [5.74, 6) is 1.15. The highest BCUT2D eigenvalue weighted by Crippen LogP contribution is 2.58. The van der Waals surface area contributed by atoms with Crippen molar-refractivity contribution in [2.45, 2.75) is 31.2 Å². The zero-order valence-electron chi connectivity index (χ0n) is 8.75. The molecule has 0 amide bonds. The molecule has 0 heterocycles. The summed E-state index contributed by atoms with van der Waals surface area (Å²) in [6.07, 6.45) is 4.88. The minimum atomic E-state index is -0.351. The molecule has 1 aromatic carbocycles. The summed E-state index contributed by atoms with van der Waals surface area (Å²) >= 11 is 0. The van der Waals surface area contributed by atoms with Gasteiger partial charge in [0.1, 0.15) is 5.82 Å². The molecule has 15 heavy (non-hydrogen) atoms. The first-order chi connectivity index (χ1) is 7.22. The molecule has 1 nitrogen and oxygen atoms in total. The molecule has 2 N–H and O–H groups in total. The standard InChI is InChI=1S/C13H16FN/c14-12-7-2-1-6-10(12)13(15)8-11(13)9-4-3-5-9/h1-2,6-7,9,11H,3-5,8,15H2. The Morgan fingerprint density at radius 3 is 2.60 bits per heavy atom. The maximum atomic E-state index is 13.6. The Morgan fingerprint density at radius 2 is 2.00 bits per heavy atom. The van der Waals surface area contributed by atoms with Gasteiger partial charge in [0.25, 0.3) is 0 Å². The van der Waals surface area contributed by atoms with Crippen LogP contribution < -0.4 is 5.73 Å². The van der Waals surface area contributed by atoms with Crippen LogP contribution in [0.1, 0.15) is 31.2 Å². The van der Waals surface area contributed by atoms with Crippen molar-refractivity contribution < 1.29 is 4.39 Å². The van der Waals surface area contributed by atoms with E-state index >= 15 is 0 Å². The second-order valence-electron chi connectivity index (χ2n) is 5.02. The molecule has 1 aromatic rings. The molecule has 2 saturated carbocycles. The van der Waals surface area contributed by atoms with Gasteiger partial charge < -0.3 is 5.73 Å². The lowest BCUT2D eigenvalue weighted by atomic mass is 9.79. The molecule has 2 aliphatic rings. The molecule has 80 valence electrons. The van der Waals surface area contributed by atoms with Crippen molar-refractivity contribution in [2.24, 2.45) is 17.6 Å². The van der Waals surface area contributed by atoms with E-state index in [-0.39, 0.29) is 11.4 Å². The molecule has 2 fully saturated rings. The summed E-state index contributed by atoms with van der Waals surface area (Å²) in [7, 11) is 0. The summed E-state index contributed by atoms with van der Waals surface area (Å²) in [6.45, 7) is 0. The number of hydrogen-bond acceptors (Lipinski definition) is 1. The van der Waals surface area contributed by atoms with Gasteiger partial charge in [-0.05, 0) is 24.3 Å². The maximum Gasteiger partial charge on any atom is 0.128 e. The maximum absolute atomic E-state index is 13.6. The SMILES string of the molecule is NC1(c2ccccc2F)CC1C1CCC1. The molecule has 0 bridgehead atoms. The largest absolute Gasteiger partial charge is 0.321 e. The number of halogens is 1. The van der Waals surface area contributed by atoms with Gasteiger partial charge in [0.05, 0.1) is 0 Å². The number of nitrogens with two attached hydrogens (primary N) is 1. The summed E-state index contributed by atoms with van der Waals surface area (Å²) in [5.41, 5.74) is 6.66. The fourth-order valence-corrected chi connectivity index (χ4v) is 2.88. The molecule has 3 rings (SSSR count). The van der Waals surface area contributed by atoms with Crippen LogP contribution in [0.2, 0.25) is 0 Å². The predicted octanol–water partition coefficient (Wildman–Crippen LogP) is 2.80. The van der Waals surface area contributed by atoms with E-state index in [1.54, 1.807) is 6.07 Å². The summed E-state index contributed by atoms with van der Waals surface area (Å²) in [4.78, 5) is 0. The van der Waals surface area contributed by atoms with Gasteiger partial charge in [0, 0.05) is 11.1 Å². The number of benzene rings is 1. The first kappa shape index (κ1) is 9.34. The highest BCUT2D eigenvalue weighted by Gasteiger charge is 2.57. The van der Waals surface area contributed by atoms with E-state index in [9.17, 15) is 4.39 Å². The Bertz CT molecular complexity index is 386. The van der Waals surface area contributed by atoms with Crippen molar-refractivity contribution in [2.75, 3.05) is 0 Å². The van der Waals surface area contributed by atoms with Gasteiger partial charge in [-0.2, -0.15) is 0 Å². The van der Waals surface area contributed by atoms with Crippen molar-refractivity contribution in [1.29, 1.82) is 0 Å². The fraction of sp³-hybridized carbons (Fsp3) is 0.538. The minimum Gasteiger partial charge on any atom is -0.321 e. The zero-order valence-corrected chi connectivity index (χ0v) is 8.75. The van der Waals surface area contributed by atoms with Crippen LogP contribution in [0.25, 0.3) is 0 Å². The second-order valence-corrected chi connectivity index (χ2v) is 5.02. The fourth-order valence-electron chi connectivity index (χ4n) is 2.88. The number of hydrogen-bond donors (Lipinski definition) is 1. The smallest absolute Gasteiger partial charge is 0.128 e. The van der Waals surface area contributed by atoms with Crippen molar-refractivity contribution in [3.63, 3.8) is 0 Å². The van der Waals surface area contributed by atoms with Crippen molar-refractivity contribution in [3.05, 3.63) is 35.6 Å². The van der Waals surface area contributed by atoms with Crippen LogP contribution in [0.3, 0.4) is 0 Å². The average molecular weight is 205 g/mol. The lowest BCUT2D eigenvalue weighted by Gasteiger charge is -2.27. The molecule has 0 aliphatic heterocycles. The molecule has 2 unspecified atom stereocenters. The average Bonchev–Trinajstić information content (AvgIpc) is 2.76. The van der Waals surface area contributed by atoms with Gasteiger partial charge in [-0.1, -0.05) is 37.5 Å². The normalized spacial score (nSPS) is 34.9. The van der Waals surface area contributed by atoms with Gasteiger partial charge in [-0.3, -0.25) is 0 Å².